The van der Waals surface area contributed by atoms with Crippen molar-refractivity contribution < 1.29 is 36.2 Å². The number of amides is 1. The zero-order valence-electron chi connectivity index (χ0n) is 15.7. The van der Waals surface area contributed by atoms with Crippen molar-refractivity contribution >= 4 is 11.9 Å². The fraction of sp³-hybridized carbons (Fsp3) is 0.368. The van der Waals surface area contributed by atoms with Crippen molar-refractivity contribution in [3.05, 3.63) is 53.6 Å². The predicted octanol–water partition coefficient (Wildman–Crippen LogP) is 3.15. The van der Waals surface area contributed by atoms with Crippen LogP contribution in [0.5, 0.6) is 5.75 Å². The molecule has 1 amide bonds. The fourth-order valence-electron chi connectivity index (χ4n) is 3.41. The van der Waals surface area contributed by atoms with E-state index in [1.807, 2.05) is 0 Å². The molecule has 1 aromatic rings. The summed E-state index contributed by atoms with van der Waals surface area (Å²) in [6.07, 6.45) is 1.37. The third-order valence-electron chi connectivity index (χ3n) is 4.83. The number of rotatable bonds is 7. The fourth-order valence-corrected chi connectivity index (χ4v) is 3.41. The van der Waals surface area contributed by atoms with Crippen molar-refractivity contribution in [1.29, 1.82) is 0 Å². The van der Waals surface area contributed by atoms with Crippen molar-refractivity contribution in [1.82, 2.24) is 4.90 Å². The monoisotopic (exact) mass is 431 g/mol. The van der Waals surface area contributed by atoms with Crippen LogP contribution in [-0.2, 0) is 15.1 Å². The van der Waals surface area contributed by atoms with Crippen LogP contribution in [0, 0.1) is 11.7 Å². The van der Waals surface area contributed by atoms with Crippen LogP contribution in [0.15, 0.2) is 47.2 Å². The Morgan fingerprint density at radius 1 is 1.33 bits per heavy atom. The summed E-state index contributed by atoms with van der Waals surface area (Å²) in [6.45, 7) is -4.04. The molecule has 2 aliphatic rings. The molecule has 0 saturated heterocycles. The Labute approximate surface area is 168 Å². The summed E-state index contributed by atoms with van der Waals surface area (Å²) in [6, 6.07) is 3.37. The van der Waals surface area contributed by atoms with E-state index in [0.717, 1.165) is 17.0 Å². The van der Waals surface area contributed by atoms with Crippen LogP contribution in [0.2, 0.25) is 0 Å². The molecule has 162 valence electrons. The van der Waals surface area contributed by atoms with E-state index in [0.29, 0.717) is 0 Å². The van der Waals surface area contributed by atoms with Crippen molar-refractivity contribution in [2.75, 3.05) is 13.7 Å². The molecule has 6 nitrogen and oxygen atoms in total. The van der Waals surface area contributed by atoms with Gasteiger partial charge in [0.05, 0.1) is 0 Å². The normalized spacial score (nSPS) is 23.8. The van der Waals surface area contributed by atoms with Gasteiger partial charge in [-0.05, 0) is 36.3 Å². The minimum atomic E-state index is -3.01. The summed E-state index contributed by atoms with van der Waals surface area (Å²) >= 11 is 0. The van der Waals surface area contributed by atoms with E-state index < -0.39 is 48.6 Å². The number of nitrogens with zero attached hydrogens (tertiary/aromatic N) is 2. The number of hydrogen-bond acceptors (Lipinski definition) is 5. The molecular weight excluding hydrogens is 413 g/mol. The van der Waals surface area contributed by atoms with Crippen molar-refractivity contribution in [3.63, 3.8) is 0 Å². The summed E-state index contributed by atoms with van der Waals surface area (Å²) < 4.78 is 73.1. The molecule has 2 atom stereocenters. The SMILES string of the molecule is CN1C(=O)[C@](c2ccc(F)c(OCC(F)F)c2)(C2C=CC(OC(F)F)=CC2)N=C1N. The molecule has 3 rings (SSSR count). The van der Waals surface area contributed by atoms with Crippen molar-refractivity contribution in [2.24, 2.45) is 16.6 Å². The zero-order chi connectivity index (χ0) is 22.1. The highest BCUT2D eigenvalue weighted by atomic mass is 19.3. The summed E-state index contributed by atoms with van der Waals surface area (Å²) in [7, 11) is 1.40. The molecule has 2 N–H and O–H groups in total. The van der Waals surface area contributed by atoms with Gasteiger partial charge in [0, 0.05) is 13.0 Å². The van der Waals surface area contributed by atoms with Crippen LogP contribution in [-0.4, -0.2) is 43.5 Å². The molecule has 30 heavy (non-hydrogen) atoms. The van der Waals surface area contributed by atoms with Crippen LogP contribution in [0.4, 0.5) is 22.0 Å². The Morgan fingerprint density at radius 2 is 2.07 bits per heavy atom. The molecule has 1 aromatic carbocycles. The molecule has 1 heterocycles. The third kappa shape index (κ3) is 3.96. The number of benzene rings is 1. The van der Waals surface area contributed by atoms with Crippen LogP contribution in [0.3, 0.4) is 0 Å². The van der Waals surface area contributed by atoms with E-state index in [4.69, 9.17) is 10.5 Å². The van der Waals surface area contributed by atoms with Crippen LogP contribution in [0.1, 0.15) is 12.0 Å². The lowest BCUT2D eigenvalue weighted by molar-refractivity contribution is -0.132. The van der Waals surface area contributed by atoms with Gasteiger partial charge >= 0.3 is 6.61 Å². The van der Waals surface area contributed by atoms with E-state index in [1.165, 1.54) is 31.3 Å². The molecule has 0 spiro atoms. The highest BCUT2D eigenvalue weighted by molar-refractivity contribution is 6.07. The Hall–Kier alpha value is -3.11. The van der Waals surface area contributed by atoms with Crippen LogP contribution < -0.4 is 10.5 Å². The van der Waals surface area contributed by atoms with E-state index in [2.05, 4.69) is 9.73 Å². The lowest BCUT2D eigenvalue weighted by Crippen LogP contribution is -2.44. The highest BCUT2D eigenvalue weighted by Crippen LogP contribution is 2.44. The van der Waals surface area contributed by atoms with Crippen LogP contribution in [0.25, 0.3) is 0 Å². The minimum absolute atomic E-state index is 0.0767. The summed E-state index contributed by atoms with van der Waals surface area (Å²) in [5.74, 6) is -2.78. The Bertz CT molecular complexity index is 919. The lowest BCUT2D eigenvalue weighted by atomic mass is 9.74. The van der Waals surface area contributed by atoms with E-state index >= 15 is 0 Å². The number of likely N-dealkylation sites (N-methyl/N-ethyl adjacent to an activating group) is 1. The predicted molar refractivity (Wildman–Crippen MR) is 96.4 cm³/mol. The number of hydrogen-bond donors (Lipinski definition) is 1. The molecule has 1 unspecified atom stereocenters. The maximum atomic E-state index is 14.1. The molecule has 1 aliphatic heterocycles. The van der Waals surface area contributed by atoms with Crippen molar-refractivity contribution in [3.8, 4) is 5.75 Å². The van der Waals surface area contributed by atoms with Gasteiger partial charge in [0.2, 0.25) is 0 Å². The second-order valence-corrected chi connectivity index (χ2v) is 6.63. The van der Waals surface area contributed by atoms with Gasteiger partial charge in [-0.2, -0.15) is 8.78 Å². The van der Waals surface area contributed by atoms with Gasteiger partial charge in [0.1, 0.15) is 12.4 Å². The first kappa shape index (κ1) is 21.6. The Balaban J connectivity index is 2.02. The van der Waals surface area contributed by atoms with Gasteiger partial charge in [-0.1, -0.05) is 12.1 Å². The lowest BCUT2D eigenvalue weighted by Gasteiger charge is -2.33. The van der Waals surface area contributed by atoms with Gasteiger partial charge < -0.3 is 15.2 Å². The number of guanidine groups is 1. The topological polar surface area (TPSA) is 77.2 Å². The number of ether oxygens (including phenoxy) is 2. The average Bonchev–Trinajstić information content (AvgIpc) is 2.92. The Morgan fingerprint density at radius 3 is 2.60 bits per heavy atom. The minimum Gasteiger partial charge on any atom is -0.485 e. The molecule has 11 heteroatoms. The molecule has 0 saturated carbocycles. The molecule has 1 aliphatic carbocycles. The smallest absolute Gasteiger partial charge is 0.387 e. The molecular formula is C19H18F5N3O3. The number of alkyl halides is 4. The second kappa shape index (κ2) is 8.33. The van der Waals surface area contributed by atoms with E-state index in [1.54, 1.807) is 0 Å². The average molecular weight is 431 g/mol. The summed E-state index contributed by atoms with van der Waals surface area (Å²) in [5, 5.41) is 0. The first-order valence-corrected chi connectivity index (χ1v) is 8.82. The van der Waals surface area contributed by atoms with Gasteiger partial charge in [0.15, 0.2) is 23.1 Å². The van der Waals surface area contributed by atoms with E-state index in [9.17, 15) is 26.7 Å². The van der Waals surface area contributed by atoms with Gasteiger partial charge in [-0.25, -0.2) is 18.2 Å². The van der Waals surface area contributed by atoms with Gasteiger partial charge in [-0.3, -0.25) is 9.69 Å². The molecule has 0 aromatic heterocycles. The van der Waals surface area contributed by atoms with Crippen molar-refractivity contribution in [2.45, 2.75) is 25.0 Å². The van der Waals surface area contributed by atoms with Gasteiger partial charge in [0.25, 0.3) is 12.3 Å². The maximum Gasteiger partial charge on any atom is 0.387 e. The summed E-state index contributed by atoms with van der Waals surface area (Å²) in [5.41, 5.74) is 4.34. The zero-order valence-corrected chi connectivity index (χ0v) is 15.7. The standard InChI is InChI=1S/C19H18F5N3O3/c1-27-16(28)19(26-18(27)25,10-2-5-12(6-3-10)30-17(23)24)11-4-7-13(20)14(8-11)29-9-15(21)22/h2,4-8,10,15,17H,3,9H2,1H3,(H2,25,26)/t10?,19-/m1/s1. The second-order valence-electron chi connectivity index (χ2n) is 6.63. The first-order chi connectivity index (χ1) is 14.1. The molecule has 0 radical (unpaired) electrons. The third-order valence-corrected chi connectivity index (χ3v) is 4.83. The van der Waals surface area contributed by atoms with E-state index in [-0.39, 0.29) is 23.7 Å². The number of allylic oxidation sites excluding steroid dienone is 2. The van der Waals surface area contributed by atoms with Gasteiger partial charge in [-0.15, -0.1) is 0 Å². The number of aliphatic imine (C=N–C) groups is 1. The molecule has 0 bridgehead atoms. The number of halogens is 5. The highest BCUT2D eigenvalue weighted by Gasteiger charge is 2.53. The number of carbonyl (C=O) groups is 1. The molecule has 0 fully saturated rings. The first-order valence-electron chi connectivity index (χ1n) is 8.82. The maximum absolute atomic E-state index is 14.1. The largest absolute Gasteiger partial charge is 0.485 e. The summed E-state index contributed by atoms with van der Waals surface area (Å²) in [4.78, 5) is 18.5. The number of carbonyl (C=O) groups excluding carboxylic acids is 1. The number of nitrogens with two attached hydrogens (primary N) is 1. The quantitative estimate of drug-likeness (QED) is 0.673. The van der Waals surface area contributed by atoms with Crippen LogP contribution >= 0.6 is 0 Å². The Kier molecular flexibility index (Phi) is 5.99.